The molecule has 5 heteroatoms. The number of piperidine rings is 1. The smallest absolute Gasteiger partial charge is 0.291 e. The van der Waals surface area contributed by atoms with E-state index >= 15 is 0 Å². The Morgan fingerprint density at radius 2 is 1.87 bits per heavy atom. The Bertz CT molecular complexity index is 643. The number of ether oxygens (including phenoxy) is 1. The van der Waals surface area contributed by atoms with Crippen LogP contribution in [0.3, 0.4) is 0 Å². The summed E-state index contributed by atoms with van der Waals surface area (Å²) in [6.45, 7) is 2.58. The molecule has 1 amide bonds. The Hall–Kier alpha value is -2.27. The van der Waals surface area contributed by atoms with Crippen LogP contribution in [0.5, 0.6) is 0 Å². The SMILES string of the molecule is COCc1ccc(C(=O)Nc2ccc(N3CCCCC3)cc2)o1. The first-order valence-corrected chi connectivity index (χ1v) is 8.00. The first-order chi connectivity index (χ1) is 11.3. The zero-order chi connectivity index (χ0) is 16.1. The first-order valence-electron chi connectivity index (χ1n) is 8.00. The van der Waals surface area contributed by atoms with Gasteiger partial charge in [0.15, 0.2) is 5.76 Å². The normalized spacial score (nSPS) is 14.7. The predicted molar refractivity (Wildman–Crippen MR) is 89.9 cm³/mol. The predicted octanol–water partition coefficient (Wildman–Crippen LogP) is 3.67. The van der Waals surface area contributed by atoms with E-state index in [1.807, 2.05) is 12.1 Å². The maximum atomic E-state index is 12.2. The molecule has 2 aromatic rings. The average Bonchev–Trinajstić information content (AvgIpc) is 3.06. The van der Waals surface area contributed by atoms with E-state index in [9.17, 15) is 4.79 Å². The summed E-state index contributed by atoms with van der Waals surface area (Å²) in [5.74, 6) is 0.674. The molecule has 0 atom stereocenters. The molecule has 23 heavy (non-hydrogen) atoms. The molecule has 0 radical (unpaired) electrons. The van der Waals surface area contributed by atoms with Gasteiger partial charge < -0.3 is 19.4 Å². The molecular weight excluding hydrogens is 292 g/mol. The summed E-state index contributed by atoms with van der Waals surface area (Å²) in [5.41, 5.74) is 1.98. The van der Waals surface area contributed by atoms with Crippen LogP contribution in [-0.4, -0.2) is 26.1 Å². The van der Waals surface area contributed by atoms with E-state index in [4.69, 9.17) is 9.15 Å². The third-order valence-corrected chi connectivity index (χ3v) is 4.02. The van der Waals surface area contributed by atoms with E-state index in [2.05, 4.69) is 22.3 Å². The largest absolute Gasteiger partial charge is 0.453 e. The van der Waals surface area contributed by atoms with E-state index in [0.717, 1.165) is 18.8 Å². The van der Waals surface area contributed by atoms with Gasteiger partial charge in [0, 0.05) is 31.6 Å². The lowest BCUT2D eigenvalue weighted by Gasteiger charge is -2.28. The fourth-order valence-electron chi connectivity index (χ4n) is 2.82. The van der Waals surface area contributed by atoms with Crippen LogP contribution >= 0.6 is 0 Å². The van der Waals surface area contributed by atoms with Crippen LogP contribution in [0.15, 0.2) is 40.8 Å². The summed E-state index contributed by atoms with van der Waals surface area (Å²) in [7, 11) is 1.59. The van der Waals surface area contributed by atoms with Crippen LogP contribution in [0.1, 0.15) is 35.6 Å². The number of hydrogen-bond acceptors (Lipinski definition) is 4. The molecule has 1 fully saturated rings. The molecule has 0 bridgehead atoms. The fourth-order valence-corrected chi connectivity index (χ4v) is 2.82. The summed E-state index contributed by atoms with van der Waals surface area (Å²) in [5, 5.41) is 2.85. The molecule has 5 nitrogen and oxygen atoms in total. The van der Waals surface area contributed by atoms with Gasteiger partial charge in [0.2, 0.25) is 0 Å². The molecule has 1 aliphatic heterocycles. The molecule has 1 aromatic heterocycles. The van der Waals surface area contributed by atoms with Gasteiger partial charge in [-0.1, -0.05) is 0 Å². The standard InChI is InChI=1S/C18H22N2O3/c1-22-13-16-9-10-17(23-16)18(21)19-14-5-7-15(8-6-14)20-11-3-2-4-12-20/h5-10H,2-4,11-13H2,1H3,(H,19,21). The highest BCUT2D eigenvalue weighted by molar-refractivity contribution is 6.02. The average molecular weight is 314 g/mol. The fraction of sp³-hybridized carbons (Fsp3) is 0.389. The zero-order valence-corrected chi connectivity index (χ0v) is 13.4. The van der Waals surface area contributed by atoms with Crippen molar-refractivity contribution in [2.45, 2.75) is 25.9 Å². The lowest BCUT2D eigenvalue weighted by Crippen LogP contribution is -2.29. The number of carbonyl (C=O) groups excluding carboxylic acids is 1. The van der Waals surface area contributed by atoms with Crippen LogP contribution in [0.2, 0.25) is 0 Å². The van der Waals surface area contributed by atoms with Gasteiger partial charge in [-0.3, -0.25) is 4.79 Å². The van der Waals surface area contributed by atoms with Gasteiger partial charge in [-0.15, -0.1) is 0 Å². The molecule has 0 saturated carbocycles. The number of nitrogens with zero attached hydrogens (tertiary/aromatic N) is 1. The molecule has 3 rings (SSSR count). The highest BCUT2D eigenvalue weighted by Gasteiger charge is 2.13. The van der Waals surface area contributed by atoms with Crippen molar-refractivity contribution in [1.29, 1.82) is 0 Å². The highest BCUT2D eigenvalue weighted by Crippen LogP contribution is 2.22. The van der Waals surface area contributed by atoms with Crippen molar-refractivity contribution in [1.82, 2.24) is 0 Å². The van der Waals surface area contributed by atoms with Crippen molar-refractivity contribution < 1.29 is 13.9 Å². The minimum Gasteiger partial charge on any atom is -0.453 e. The quantitative estimate of drug-likeness (QED) is 0.915. The number of benzene rings is 1. The summed E-state index contributed by atoms with van der Waals surface area (Å²) < 4.78 is 10.4. The third kappa shape index (κ3) is 3.93. The number of nitrogens with one attached hydrogen (secondary N) is 1. The summed E-state index contributed by atoms with van der Waals surface area (Å²) in [6.07, 6.45) is 3.82. The van der Waals surface area contributed by atoms with Crippen LogP contribution in [-0.2, 0) is 11.3 Å². The van der Waals surface area contributed by atoms with E-state index in [1.54, 1.807) is 19.2 Å². The minimum absolute atomic E-state index is 0.252. The second-order valence-corrected chi connectivity index (χ2v) is 5.75. The Balaban J connectivity index is 1.61. The molecule has 2 heterocycles. The molecule has 1 aliphatic rings. The molecule has 0 aliphatic carbocycles. The van der Waals surface area contributed by atoms with Gasteiger partial charge in [0.1, 0.15) is 12.4 Å². The molecule has 122 valence electrons. The summed E-state index contributed by atoms with van der Waals surface area (Å²) in [4.78, 5) is 14.5. The molecule has 1 N–H and O–H groups in total. The number of methoxy groups -OCH3 is 1. The molecular formula is C18H22N2O3. The van der Waals surface area contributed by atoms with Gasteiger partial charge in [0.05, 0.1) is 0 Å². The van der Waals surface area contributed by atoms with Gasteiger partial charge in [0.25, 0.3) is 5.91 Å². The second kappa shape index (κ2) is 7.33. The summed E-state index contributed by atoms with van der Waals surface area (Å²) in [6, 6.07) is 11.4. The Morgan fingerprint density at radius 1 is 1.13 bits per heavy atom. The first kappa shape index (κ1) is 15.6. The van der Waals surface area contributed by atoms with E-state index in [1.165, 1.54) is 24.9 Å². The number of anilines is 2. The number of carbonyl (C=O) groups is 1. The topological polar surface area (TPSA) is 54.7 Å². The Morgan fingerprint density at radius 3 is 2.57 bits per heavy atom. The Labute approximate surface area is 136 Å². The van der Waals surface area contributed by atoms with Gasteiger partial charge in [-0.2, -0.15) is 0 Å². The second-order valence-electron chi connectivity index (χ2n) is 5.75. The van der Waals surface area contributed by atoms with Crippen molar-refractivity contribution >= 4 is 17.3 Å². The van der Waals surface area contributed by atoms with Crippen molar-refractivity contribution in [2.24, 2.45) is 0 Å². The number of hydrogen-bond donors (Lipinski definition) is 1. The zero-order valence-electron chi connectivity index (χ0n) is 13.4. The molecule has 0 spiro atoms. The van der Waals surface area contributed by atoms with Crippen molar-refractivity contribution in [3.05, 3.63) is 47.9 Å². The minimum atomic E-state index is -0.252. The van der Waals surface area contributed by atoms with Gasteiger partial charge in [-0.25, -0.2) is 0 Å². The van der Waals surface area contributed by atoms with Crippen molar-refractivity contribution in [3.63, 3.8) is 0 Å². The lowest BCUT2D eigenvalue weighted by molar-refractivity contribution is 0.0987. The monoisotopic (exact) mass is 314 g/mol. The third-order valence-electron chi connectivity index (χ3n) is 4.02. The molecule has 1 aromatic carbocycles. The van der Waals surface area contributed by atoms with Crippen LogP contribution in [0.25, 0.3) is 0 Å². The van der Waals surface area contributed by atoms with Crippen LogP contribution in [0.4, 0.5) is 11.4 Å². The molecule has 1 saturated heterocycles. The lowest BCUT2D eigenvalue weighted by atomic mass is 10.1. The van der Waals surface area contributed by atoms with Crippen LogP contribution in [0, 0.1) is 0 Å². The van der Waals surface area contributed by atoms with E-state index < -0.39 is 0 Å². The van der Waals surface area contributed by atoms with Crippen molar-refractivity contribution in [3.8, 4) is 0 Å². The maximum absolute atomic E-state index is 12.2. The number of furan rings is 1. The number of amides is 1. The van der Waals surface area contributed by atoms with E-state index in [-0.39, 0.29) is 11.7 Å². The maximum Gasteiger partial charge on any atom is 0.291 e. The van der Waals surface area contributed by atoms with Crippen molar-refractivity contribution in [2.75, 3.05) is 30.4 Å². The van der Waals surface area contributed by atoms with Gasteiger partial charge in [-0.05, 0) is 55.7 Å². The van der Waals surface area contributed by atoms with Crippen LogP contribution < -0.4 is 10.2 Å². The molecule has 0 unspecified atom stereocenters. The Kier molecular flexibility index (Phi) is 4.98. The van der Waals surface area contributed by atoms with Gasteiger partial charge >= 0.3 is 0 Å². The van der Waals surface area contributed by atoms with E-state index in [0.29, 0.717) is 12.4 Å². The number of rotatable bonds is 5. The summed E-state index contributed by atoms with van der Waals surface area (Å²) >= 11 is 0. The highest BCUT2D eigenvalue weighted by atomic mass is 16.5.